The first-order valence-electron chi connectivity index (χ1n) is 8.88. The van der Waals surface area contributed by atoms with E-state index in [1.54, 1.807) is 6.92 Å². The van der Waals surface area contributed by atoms with Crippen LogP contribution in [0.15, 0.2) is 0 Å². The quantitative estimate of drug-likeness (QED) is 0.368. The van der Waals surface area contributed by atoms with E-state index in [2.05, 4.69) is 5.32 Å². The summed E-state index contributed by atoms with van der Waals surface area (Å²) in [6, 6.07) is -0.560. The predicted octanol–water partition coefficient (Wildman–Crippen LogP) is -0.661. The van der Waals surface area contributed by atoms with Gasteiger partial charge in [-0.25, -0.2) is 0 Å². The van der Waals surface area contributed by atoms with E-state index in [-0.39, 0.29) is 25.0 Å². The minimum absolute atomic E-state index is 0.103. The van der Waals surface area contributed by atoms with Crippen LogP contribution in [0.4, 0.5) is 0 Å². The fourth-order valence-corrected chi connectivity index (χ4v) is 2.82. The summed E-state index contributed by atoms with van der Waals surface area (Å²) in [7, 11) is 0. The molecule has 1 heterocycles. The van der Waals surface area contributed by atoms with Crippen LogP contribution in [0.2, 0.25) is 0 Å². The molecule has 1 aliphatic rings. The van der Waals surface area contributed by atoms with Gasteiger partial charge in [-0.05, 0) is 0 Å². The van der Waals surface area contributed by atoms with E-state index in [0.717, 1.165) is 0 Å². The highest BCUT2D eigenvalue weighted by molar-refractivity contribution is 5.73. The third kappa shape index (κ3) is 8.21. The van der Waals surface area contributed by atoms with Crippen molar-refractivity contribution in [1.29, 1.82) is 0 Å². The van der Waals surface area contributed by atoms with Crippen LogP contribution in [0, 0.1) is 5.92 Å². The van der Waals surface area contributed by atoms with Crippen molar-refractivity contribution in [3.63, 3.8) is 0 Å². The molecule has 1 fully saturated rings. The molecule has 5 unspecified atom stereocenters. The van der Waals surface area contributed by atoms with E-state index in [0.29, 0.717) is 19.8 Å². The number of esters is 2. The zero-order chi connectivity index (χ0) is 20.4. The third-order valence-electron chi connectivity index (χ3n) is 3.95. The maximum atomic E-state index is 11.6. The van der Waals surface area contributed by atoms with Gasteiger partial charge in [0.1, 0.15) is 18.8 Å². The first-order valence-corrected chi connectivity index (χ1v) is 8.88. The molecule has 0 aromatic heterocycles. The lowest BCUT2D eigenvalue weighted by molar-refractivity contribution is -0.264. The lowest BCUT2D eigenvalue weighted by atomic mass is 9.88. The molecule has 3 N–H and O–H groups in total. The Morgan fingerprint density at radius 3 is 2.33 bits per heavy atom. The van der Waals surface area contributed by atoms with Crippen molar-refractivity contribution in [3.05, 3.63) is 0 Å². The van der Waals surface area contributed by atoms with Crippen molar-refractivity contribution in [2.45, 2.75) is 52.2 Å². The smallest absolute Gasteiger partial charge is 0.303 e. The van der Waals surface area contributed by atoms with Crippen molar-refractivity contribution < 1.29 is 38.1 Å². The fourth-order valence-electron chi connectivity index (χ4n) is 2.82. The van der Waals surface area contributed by atoms with Crippen LogP contribution in [0.1, 0.15) is 27.7 Å². The van der Waals surface area contributed by atoms with Crippen molar-refractivity contribution in [2.75, 3.05) is 33.0 Å². The maximum absolute atomic E-state index is 11.6. The van der Waals surface area contributed by atoms with Gasteiger partial charge in [-0.3, -0.25) is 14.4 Å². The zero-order valence-corrected chi connectivity index (χ0v) is 16.3. The predicted molar refractivity (Wildman–Crippen MR) is 93.4 cm³/mol. The summed E-state index contributed by atoms with van der Waals surface area (Å²) in [5, 5.41) is 2.77. The molecule has 27 heavy (non-hydrogen) atoms. The molecule has 0 saturated carbocycles. The van der Waals surface area contributed by atoms with Gasteiger partial charge in [-0.15, -0.1) is 0 Å². The molecule has 0 radical (unpaired) electrons. The highest BCUT2D eigenvalue weighted by atomic mass is 16.7. The normalized spacial score (nSPS) is 27.7. The Balaban J connectivity index is 2.88. The Morgan fingerprint density at radius 2 is 1.78 bits per heavy atom. The van der Waals surface area contributed by atoms with Crippen LogP contribution in [-0.4, -0.2) is 75.4 Å². The molecule has 1 amide bonds. The van der Waals surface area contributed by atoms with Crippen molar-refractivity contribution in [1.82, 2.24) is 5.32 Å². The summed E-state index contributed by atoms with van der Waals surface area (Å²) < 4.78 is 27.2. The molecular formula is C17H30N2O8. The van der Waals surface area contributed by atoms with Crippen LogP contribution in [0.5, 0.6) is 0 Å². The SMILES string of the molecule is CC(=O)NC1C(OCCOCCN)OC(COC(C)=O)C(OC(C)=O)C1C. The molecule has 0 aromatic carbocycles. The Morgan fingerprint density at radius 1 is 1.07 bits per heavy atom. The molecule has 10 nitrogen and oxygen atoms in total. The lowest BCUT2D eigenvalue weighted by Gasteiger charge is -2.44. The van der Waals surface area contributed by atoms with E-state index in [4.69, 9.17) is 29.4 Å². The first kappa shape index (κ1) is 23.3. The van der Waals surface area contributed by atoms with E-state index >= 15 is 0 Å². The number of rotatable bonds is 10. The average molecular weight is 390 g/mol. The molecule has 0 aliphatic carbocycles. The Hall–Kier alpha value is -1.75. The number of nitrogens with two attached hydrogens (primary N) is 1. The highest BCUT2D eigenvalue weighted by Gasteiger charge is 2.46. The number of ether oxygens (including phenoxy) is 5. The minimum atomic E-state index is -0.822. The van der Waals surface area contributed by atoms with E-state index in [1.807, 2.05) is 0 Å². The molecule has 1 aliphatic heterocycles. The molecule has 0 spiro atoms. The van der Waals surface area contributed by atoms with Gasteiger partial charge in [0.15, 0.2) is 6.29 Å². The van der Waals surface area contributed by atoms with Gasteiger partial charge in [0.2, 0.25) is 5.91 Å². The van der Waals surface area contributed by atoms with Crippen LogP contribution in [0.25, 0.3) is 0 Å². The molecule has 10 heteroatoms. The molecule has 156 valence electrons. The van der Waals surface area contributed by atoms with Crippen molar-refractivity contribution in [3.8, 4) is 0 Å². The number of hydrogen-bond acceptors (Lipinski definition) is 9. The Kier molecular flexibility index (Phi) is 10.2. The second kappa shape index (κ2) is 11.9. The summed E-state index contributed by atoms with van der Waals surface area (Å²) in [6.07, 6.45) is -2.27. The van der Waals surface area contributed by atoms with E-state index < -0.39 is 36.5 Å². The van der Waals surface area contributed by atoms with E-state index in [1.165, 1.54) is 20.8 Å². The molecule has 0 bridgehead atoms. The molecule has 5 atom stereocenters. The number of amides is 1. The molecule has 1 rings (SSSR count). The number of hydrogen-bond donors (Lipinski definition) is 2. The van der Waals surface area contributed by atoms with Crippen LogP contribution in [-0.2, 0) is 38.1 Å². The van der Waals surface area contributed by atoms with E-state index in [9.17, 15) is 14.4 Å². The molecule has 1 saturated heterocycles. The first-order chi connectivity index (χ1) is 12.8. The average Bonchev–Trinajstić information content (AvgIpc) is 2.57. The third-order valence-corrected chi connectivity index (χ3v) is 3.95. The number of carbonyl (C=O) groups is 3. The summed E-state index contributed by atoms with van der Waals surface area (Å²) in [4.78, 5) is 34.3. The summed E-state index contributed by atoms with van der Waals surface area (Å²) >= 11 is 0. The second-order valence-electron chi connectivity index (χ2n) is 6.28. The zero-order valence-electron chi connectivity index (χ0n) is 16.3. The van der Waals surface area contributed by atoms with Crippen LogP contribution >= 0.6 is 0 Å². The Bertz CT molecular complexity index is 499. The Labute approximate surface area is 159 Å². The monoisotopic (exact) mass is 390 g/mol. The highest BCUT2D eigenvalue weighted by Crippen LogP contribution is 2.29. The van der Waals surface area contributed by atoms with Crippen LogP contribution in [0.3, 0.4) is 0 Å². The van der Waals surface area contributed by atoms with Crippen molar-refractivity contribution >= 4 is 17.8 Å². The van der Waals surface area contributed by atoms with Crippen molar-refractivity contribution in [2.24, 2.45) is 11.7 Å². The fraction of sp³-hybridized carbons (Fsp3) is 0.824. The van der Waals surface area contributed by atoms with Gasteiger partial charge >= 0.3 is 11.9 Å². The molecule has 0 aromatic rings. The number of nitrogens with one attached hydrogen (secondary N) is 1. The van der Waals surface area contributed by atoms with Gasteiger partial charge in [-0.1, -0.05) is 6.92 Å². The summed E-state index contributed by atoms with van der Waals surface area (Å²) in [5.41, 5.74) is 5.36. The minimum Gasteiger partial charge on any atom is -0.463 e. The lowest BCUT2D eigenvalue weighted by Crippen LogP contribution is -2.62. The standard InChI is InChI=1S/C17H30N2O8/c1-10-15(19-11(2)20)17(24-8-7-23-6-5-18)27-14(9-25-12(3)21)16(10)26-13(4)22/h10,14-17H,5-9,18H2,1-4H3,(H,19,20). The summed E-state index contributed by atoms with van der Waals surface area (Å²) in [5.74, 6) is -1.60. The van der Waals surface area contributed by atoms with Gasteiger partial charge in [0, 0.05) is 33.2 Å². The van der Waals surface area contributed by atoms with Gasteiger partial charge in [0.25, 0.3) is 0 Å². The van der Waals surface area contributed by atoms with Gasteiger partial charge < -0.3 is 34.7 Å². The largest absolute Gasteiger partial charge is 0.463 e. The van der Waals surface area contributed by atoms with Gasteiger partial charge in [0.05, 0.1) is 25.9 Å². The maximum Gasteiger partial charge on any atom is 0.303 e. The number of carbonyl (C=O) groups excluding carboxylic acids is 3. The summed E-state index contributed by atoms with van der Waals surface area (Å²) in [6.45, 7) is 6.96. The van der Waals surface area contributed by atoms with Gasteiger partial charge in [-0.2, -0.15) is 0 Å². The molecular weight excluding hydrogens is 360 g/mol. The topological polar surface area (TPSA) is 135 Å². The van der Waals surface area contributed by atoms with Crippen LogP contribution < -0.4 is 11.1 Å². The second-order valence-corrected chi connectivity index (χ2v) is 6.28.